The molecule has 0 bridgehead atoms. The summed E-state index contributed by atoms with van der Waals surface area (Å²) in [6.45, 7) is 5.97. The van der Waals surface area contributed by atoms with Crippen LogP contribution in [0.3, 0.4) is 0 Å². The van der Waals surface area contributed by atoms with Crippen molar-refractivity contribution in [2.24, 2.45) is 0 Å². The maximum absolute atomic E-state index is 13.0. The Morgan fingerprint density at radius 2 is 1.92 bits per heavy atom. The van der Waals surface area contributed by atoms with Gasteiger partial charge in [0.05, 0.1) is 4.88 Å². The van der Waals surface area contributed by atoms with E-state index in [1.165, 1.54) is 23.5 Å². The van der Waals surface area contributed by atoms with Gasteiger partial charge in [0.15, 0.2) is 0 Å². The third kappa shape index (κ3) is 4.63. The second kappa shape index (κ2) is 8.37. The van der Waals surface area contributed by atoms with Gasteiger partial charge >= 0.3 is 0 Å². The van der Waals surface area contributed by atoms with Crippen LogP contribution in [-0.4, -0.2) is 50.1 Å². The molecular weight excluding hydrogens is 325 g/mol. The van der Waals surface area contributed by atoms with Crippen molar-refractivity contribution in [1.82, 2.24) is 15.5 Å². The van der Waals surface area contributed by atoms with E-state index in [-0.39, 0.29) is 11.7 Å². The second-order valence-electron chi connectivity index (χ2n) is 5.87. The molecule has 6 heteroatoms. The molecule has 24 heavy (non-hydrogen) atoms. The predicted octanol–water partition coefficient (Wildman–Crippen LogP) is 2.58. The van der Waals surface area contributed by atoms with Crippen molar-refractivity contribution in [3.8, 4) is 10.4 Å². The number of hydrogen-bond donors (Lipinski definition) is 2. The molecule has 2 N–H and O–H groups in total. The van der Waals surface area contributed by atoms with E-state index >= 15 is 0 Å². The second-order valence-corrected chi connectivity index (χ2v) is 6.96. The Balaban J connectivity index is 1.46. The van der Waals surface area contributed by atoms with Crippen LogP contribution in [0.25, 0.3) is 10.4 Å². The number of amides is 1. The summed E-state index contributed by atoms with van der Waals surface area (Å²) in [6.07, 6.45) is 0.960. The molecule has 1 aromatic heterocycles. The van der Waals surface area contributed by atoms with E-state index < -0.39 is 0 Å². The fraction of sp³-hybridized carbons (Fsp3) is 0.389. The van der Waals surface area contributed by atoms with Gasteiger partial charge in [-0.3, -0.25) is 4.79 Å². The Hall–Kier alpha value is -1.76. The van der Waals surface area contributed by atoms with Gasteiger partial charge in [-0.2, -0.15) is 0 Å². The van der Waals surface area contributed by atoms with Gasteiger partial charge in [0.2, 0.25) is 0 Å². The van der Waals surface area contributed by atoms with Crippen molar-refractivity contribution < 1.29 is 9.18 Å². The topological polar surface area (TPSA) is 44.4 Å². The quantitative estimate of drug-likeness (QED) is 0.790. The maximum Gasteiger partial charge on any atom is 0.261 e. The van der Waals surface area contributed by atoms with Gasteiger partial charge in [0, 0.05) is 37.6 Å². The molecule has 4 nitrogen and oxygen atoms in total. The normalized spacial score (nSPS) is 15.4. The first-order chi connectivity index (χ1) is 11.7. The molecule has 2 aromatic rings. The van der Waals surface area contributed by atoms with E-state index in [1.807, 2.05) is 12.1 Å². The average Bonchev–Trinajstić information content (AvgIpc) is 3.10. The fourth-order valence-corrected chi connectivity index (χ4v) is 3.68. The first kappa shape index (κ1) is 17.1. The molecule has 1 aliphatic heterocycles. The molecule has 0 aliphatic carbocycles. The van der Waals surface area contributed by atoms with E-state index in [1.54, 1.807) is 12.1 Å². The van der Waals surface area contributed by atoms with Crippen molar-refractivity contribution in [1.29, 1.82) is 0 Å². The lowest BCUT2D eigenvalue weighted by molar-refractivity contribution is 0.0955. The molecule has 3 rings (SSSR count). The summed E-state index contributed by atoms with van der Waals surface area (Å²) in [4.78, 5) is 16.3. The number of carbonyl (C=O) groups is 1. The summed E-state index contributed by atoms with van der Waals surface area (Å²) in [5, 5.41) is 6.31. The van der Waals surface area contributed by atoms with Crippen molar-refractivity contribution >= 4 is 17.2 Å². The van der Waals surface area contributed by atoms with E-state index in [0.717, 1.165) is 49.6 Å². The molecule has 1 aliphatic rings. The summed E-state index contributed by atoms with van der Waals surface area (Å²) in [7, 11) is 0. The zero-order valence-electron chi connectivity index (χ0n) is 13.6. The van der Waals surface area contributed by atoms with Crippen LogP contribution < -0.4 is 10.6 Å². The van der Waals surface area contributed by atoms with E-state index in [2.05, 4.69) is 15.5 Å². The van der Waals surface area contributed by atoms with Crippen molar-refractivity contribution in [2.75, 3.05) is 39.3 Å². The van der Waals surface area contributed by atoms with Gasteiger partial charge in [-0.05, 0) is 42.8 Å². The van der Waals surface area contributed by atoms with Crippen LogP contribution in [0, 0.1) is 5.82 Å². The Kier molecular flexibility index (Phi) is 5.96. The number of hydrogen-bond acceptors (Lipinski definition) is 4. The highest BCUT2D eigenvalue weighted by Gasteiger charge is 2.11. The largest absolute Gasteiger partial charge is 0.351 e. The van der Waals surface area contributed by atoms with Crippen LogP contribution in [0.15, 0.2) is 36.4 Å². The standard InChI is InChI=1S/C18H22FN3OS/c19-15-4-2-14(3-5-15)16-6-7-17(24-16)18(23)21-8-1-11-22-12-9-20-10-13-22/h2-7,20H,1,8-13H2,(H,21,23). The number of rotatable bonds is 6. The Morgan fingerprint density at radius 1 is 1.17 bits per heavy atom. The van der Waals surface area contributed by atoms with E-state index in [4.69, 9.17) is 0 Å². The van der Waals surface area contributed by atoms with Gasteiger partial charge in [0.25, 0.3) is 5.91 Å². The Bertz CT molecular complexity index is 665. The number of nitrogens with one attached hydrogen (secondary N) is 2. The highest BCUT2D eigenvalue weighted by Crippen LogP contribution is 2.28. The third-order valence-corrected chi connectivity index (χ3v) is 5.24. The molecule has 0 spiro atoms. The average molecular weight is 347 g/mol. The molecule has 1 saturated heterocycles. The maximum atomic E-state index is 13.0. The highest BCUT2D eigenvalue weighted by molar-refractivity contribution is 7.17. The lowest BCUT2D eigenvalue weighted by atomic mass is 10.2. The SMILES string of the molecule is O=C(NCCCN1CCNCC1)c1ccc(-c2ccc(F)cc2)s1. The fourth-order valence-electron chi connectivity index (χ4n) is 2.76. The van der Waals surface area contributed by atoms with Crippen molar-refractivity contribution in [3.05, 3.63) is 47.1 Å². The summed E-state index contributed by atoms with van der Waals surface area (Å²) < 4.78 is 13.0. The van der Waals surface area contributed by atoms with Crippen LogP contribution in [0.5, 0.6) is 0 Å². The first-order valence-corrected chi connectivity index (χ1v) is 9.11. The smallest absolute Gasteiger partial charge is 0.261 e. The Morgan fingerprint density at radius 3 is 2.67 bits per heavy atom. The highest BCUT2D eigenvalue weighted by atomic mass is 32.1. The van der Waals surface area contributed by atoms with Crippen LogP contribution in [0.4, 0.5) is 4.39 Å². The monoisotopic (exact) mass is 347 g/mol. The van der Waals surface area contributed by atoms with Gasteiger partial charge in [0.1, 0.15) is 5.82 Å². The summed E-state index contributed by atoms with van der Waals surface area (Å²) in [5.41, 5.74) is 0.930. The minimum Gasteiger partial charge on any atom is -0.351 e. The molecule has 1 amide bonds. The predicted molar refractivity (Wildman–Crippen MR) is 96.0 cm³/mol. The van der Waals surface area contributed by atoms with Crippen LogP contribution >= 0.6 is 11.3 Å². The summed E-state index contributed by atoms with van der Waals surface area (Å²) >= 11 is 1.43. The number of carbonyl (C=O) groups excluding carboxylic acids is 1. The van der Waals surface area contributed by atoms with E-state index in [0.29, 0.717) is 11.4 Å². The molecule has 1 fully saturated rings. The van der Waals surface area contributed by atoms with Gasteiger partial charge in [-0.25, -0.2) is 4.39 Å². The van der Waals surface area contributed by atoms with Crippen molar-refractivity contribution in [2.45, 2.75) is 6.42 Å². The number of nitrogens with zero attached hydrogens (tertiary/aromatic N) is 1. The first-order valence-electron chi connectivity index (χ1n) is 8.29. The van der Waals surface area contributed by atoms with Gasteiger partial charge in [-0.1, -0.05) is 12.1 Å². The Labute approximate surface area is 145 Å². The number of benzene rings is 1. The van der Waals surface area contributed by atoms with E-state index in [9.17, 15) is 9.18 Å². The number of piperazine rings is 1. The zero-order valence-corrected chi connectivity index (χ0v) is 14.4. The van der Waals surface area contributed by atoms with Gasteiger partial charge < -0.3 is 15.5 Å². The zero-order chi connectivity index (χ0) is 16.8. The minimum absolute atomic E-state index is 0.0336. The number of halogens is 1. The van der Waals surface area contributed by atoms with Crippen LogP contribution in [0.1, 0.15) is 16.1 Å². The lowest BCUT2D eigenvalue weighted by Gasteiger charge is -2.27. The third-order valence-electron chi connectivity index (χ3n) is 4.10. The molecule has 0 radical (unpaired) electrons. The van der Waals surface area contributed by atoms with Crippen LogP contribution in [-0.2, 0) is 0 Å². The molecule has 1 aromatic carbocycles. The number of thiophene rings is 1. The van der Waals surface area contributed by atoms with Crippen LogP contribution in [0.2, 0.25) is 0 Å². The summed E-state index contributed by atoms with van der Waals surface area (Å²) in [5.74, 6) is -0.286. The molecule has 0 unspecified atom stereocenters. The lowest BCUT2D eigenvalue weighted by Crippen LogP contribution is -2.44. The minimum atomic E-state index is -0.252. The molecular formula is C18H22FN3OS. The van der Waals surface area contributed by atoms with Gasteiger partial charge in [-0.15, -0.1) is 11.3 Å². The summed E-state index contributed by atoms with van der Waals surface area (Å²) in [6, 6.07) is 10.1. The molecule has 128 valence electrons. The molecule has 2 heterocycles. The van der Waals surface area contributed by atoms with Crippen molar-refractivity contribution in [3.63, 3.8) is 0 Å². The molecule has 0 atom stereocenters. The molecule has 0 saturated carbocycles.